The summed E-state index contributed by atoms with van der Waals surface area (Å²) in [5.74, 6) is -1.61. The summed E-state index contributed by atoms with van der Waals surface area (Å²) < 4.78 is 1.53. The summed E-state index contributed by atoms with van der Waals surface area (Å²) in [7, 11) is 0. The predicted molar refractivity (Wildman–Crippen MR) is 79.8 cm³/mol. The number of nitrogens with zero attached hydrogens (tertiary/aromatic N) is 3. The van der Waals surface area contributed by atoms with Gasteiger partial charge in [0, 0.05) is 35.3 Å². The van der Waals surface area contributed by atoms with Crippen LogP contribution in [0, 0.1) is 13.8 Å². The molecule has 0 radical (unpaired) electrons. The maximum absolute atomic E-state index is 12.1. The van der Waals surface area contributed by atoms with Crippen molar-refractivity contribution in [1.29, 1.82) is 0 Å². The van der Waals surface area contributed by atoms with Gasteiger partial charge in [-0.3, -0.25) is 9.36 Å². The summed E-state index contributed by atoms with van der Waals surface area (Å²) in [6.45, 7) is 5.50. The van der Waals surface area contributed by atoms with E-state index < -0.39 is 11.9 Å². The molecule has 0 saturated carbocycles. The fourth-order valence-corrected chi connectivity index (χ4v) is 3.01. The fourth-order valence-electron chi connectivity index (χ4n) is 2.42. The van der Waals surface area contributed by atoms with Crippen molar-refractivity contribution in [3.63, 3.8) is 0 Å². The van der Waals surface area contributed by atoms with Crippen LogP contribution in [0.4, 0.5) is 0 Å². The number of hydrogen-bond donors (Lipinski definition) is 1. The third kappa shape index (κ3) is 3.18. The standard InChI is InChI=1S/C14H17N3O3S/c1-8(13(18)19)12-9(2)16-14(20)17(10(12)3)5-4-11-6-21-7-15-11/h6-8H,4-5H2,1-3H3,(H,18,19). The molecule has 0 aliphatic carbocycles. The number of carbonyl (C=O) groups is 1. The molecular formula is C14H17N3O3S. The quantitative estimate of drug-likeness (QED) is 0.909. The molecule has 0 spiro atoms. The van der Waals surface area contributed by atoms with Crippen LogP contribution >= 0.6 is 11.3 Å². The largest absolute Gasteiger partial charge is 0.481 e. The number of carboxylic acids is 1. The second-order valence-corrected chi connectivity index (χ2v) is 5.64. The Morgan fingerprint density at radius 1 is 1.48 bits per heavy atom. The third-order valence-electron chi connectivity index (χ3n) is 3.56. The third-order valence-corrected chi connectivity index (χ3v) is 4.19. The minimum Gasteiger partial charge on any atom is -0.481 e. The minimum atomic E-state index is -0.923. The molecule has 0 aromatic carbocycles. The second kappa shape index (κ2) is 6.17. The van der Waals surface area contributed by atoms with Gasteiger partial charge in [0.15, 0.2) is 0 Å². The van der Waals surface area contributed by atoms with Gasteiger partial charge in [-0.1, -0.05) is 0 Å². The molecule has 1 atom stereocenters. The van der Waals surface area contributed by atoms with Crippen molar-refractivity contribution in [3.8, 4) is 0 Å². The monoisotopic (exact) mass is 307 g/mol. The Labute approximate surface area is 126 Å². The molecule has 21 heavy (non-hydrogen) atoms. The van der Waals surface area contributed by atoms with Crippen molar-refractivity contribution >= 4 is 17.3 Å². The molecular weight excluding hydrogens is 290 g/mol. The van der Waals surface area contributed by atoms with E-state index in [2.05, 4.69) is 9.97 Å². The summed E-state index contributed by atoms with van der Waals surface area (Å²) in [6.07, 6.45) is 0.621. The lowest BCUT2D eigenvalue weighted by molar-refractivity contribution is -0.138. The van der Waals surface area contributed by atoms with E-state index in [1.54, 1.807) is 26.3 Å². The first-order chi connectivity index (χ1) is 9.91. The van der Waals surface area contributed by atoms with Crippen molar-refractivity contribution in [2.45, 2.75) is 39.7 Å². The zero-order valence-corrected chi connectivity index (χ0v) is 13.0. The van der Waals surface area contributed by atoms with Gasteiger partial charge in [0.05, 0.1) is 17.1 Å². The highest BCUT2D eigenvalue weighted by molar-refractivity contribution is 7.07. The van der Waals surface area contributed by atoms with E-state index in [9.17, 15) is 14.7 Å². The van der Waals surface area contributed by atoms with Gasteiger partial charge >= 0.3 is 11.7 Å². The van der Waals surface area contributed by atoms with Gasteiger partial charge < -0.3 is 5.11 Å². The molecule has 1 unspecified atom stereocenters. The summed E-state index contributed by atoms with van der Waals surface area (Å²) in [4.78, 5) is 31.4. The normalized spacial score (nSPS) is 12.3. The van der Waals surface area contributed by atoms with Crippen LogP contribution in [0.3, 0.4) is 0 Å². The predicted octanol–water partition coefficient (Wildman–Crippen LogP) is 1.75. The summed E-state index contributed by atoms with van der Waals surface area (Å²) in [5, 5.41) is 11.1. The van der Waals surface area contributed by atoms with E-state index >= 15 is 0 Å². The van der Waals surface area contributed by atoms with Crippen molar-refractivity contribution in [3.05, 3.63) is 44.0 Å². The topological polar surface area (TPSA) is 85.1 Å². The van der Waals surface area contributed by atoms with Gasteiger partial charge in [-0.15, -0.1) is 11.3 Å². The summed E-state index contributed by atoms with van der Waals surface area (Å²) >= 11 is 1.51. The van der Waals surface area contributed by atoms with Crippen LogP contribution in [0.2, 0.25) is 0 Å². The molecule has 0 amide bonds. The van der Waals surface area contributed by atoms with Crippen LogP contribution < -0.4 is 5.69 Å². The van der Waals surface area contributed by atoms with E-state index in [1.165, 1.54) is 15.9 Å². The van der Waals surface area contributed by atoms with E-state index in [-0.39, 0.29) is 5.69 Å². The number of thiazole rings is 1. The minimum absolute atomic E-state index is 0.346. The molecule has 7 heteroatoms. The molecule has 1 N–H and O–H groups in total. The molecule has 6 nitrogen and oxygen atoms in total. The Morgan fingerprint density at radius 2 is 2.19 bits per heavy atom. The lowest BCUT2D eigenvalue weighted by Gasteiger charge is -2.17. The van der Waals surface area contributed by atoms with Gasteiger partial charge in [-0.05, 0) is 20.8 Å². The van der Waals surface area contributed by atoms with E-state index in [0.717, 1.165) is 5.69 Å². The Kier molecular flexibility index (Phi) is 4.52. The van der Waals surface area contributed by atoms with E-state index in [4.69, 9.17) is 0 Å². The highest BCUT2D eigenvalue weighted by atomic mass is 32.1. The Balaban J connectivity index is 2.39. The van der Waals surface area contributed by atoms with Crippen molar-refractivity contribution in [1.82, 2.24) is 14.5 Å². The number of rotatable bonds is 5. The number of aliphatic carboxylic acids is 1. The van der Waals surface area contributed by atoms with Gasteiger partial charge in [-0.25, -0.2) is 9.78 Å². The summed E-state index contributed by atoms with van der Waals surface area (Å²) in [5.41, 5.74) is 4.08. The van der Waals surface area contributed by atoms with Crippen molar-refractivity contribution < 1.29 is 9.90 Å². The lowest BCUT2D eigenvalue weighted by Crippen LogP contribution is -2.30. The highest BCUT2D eigenvalue weighted by Gasteiger charge is 2.22. The van der Waals surface area contributed by atoms with Crippen LogP contribution in [0.25, 0.3) is 0 Å². The van der Waals surface area contributed by atoms with Gasteiger partial charge in [0.25, 0.3) is 0 Å². The molecule has 112 valence electrons. The SMILES string of the molecule is Cc1nc(=O)n(CCc2cscn2)c(C)c1C(C)C(=O)O. The number of carboxylic acid groups (broad SMARTS) is 1. The average Bonchev–Trinajstić information content (AvgIpc) is 2.90. The van der Waals surface area contributed by atoms with E-state index in [1.807, 2.05) is 5.38 Å². The van der Waals surface area contributed by atoms with Crippen LogP contribution in [0.1, 0.15) is 35.5 Å². The number of hydrogen-bond acceptors (Lipinski definition) is 5. The molecule has 0 bridgehead atoms. The molecule has 0 aliphatic heterocycles. The Bertz CT molecular complexity index is 707. The smallest absolute Gasteiger partial charge is 0.347 e. The van der Waals surface area contributed by atoms with E-state index in [0.29, 0.717) is 29.9 Å². The lowest BCUT2D eigenvalue weighted by atomic mass is 9.98. The Morgan fingerprint density at radius 3 is 2.76 bits per heavy atom. The highest BCUT2D eigenvalue weighted by Crippen LogP contribution is 2.21. The molecule has 0 fully saturated rings. The number of aryl methyl sites for hydroxylation is 2. The first-order valence-corrected chi connectivity index (χ1v) is 7.54. The zero-order chi connectivity index (χ0) is 15.6. The molecule has 2 rings (SSSR count). The number of aromatic nitrogens is 3. The first-order valence-electron chi connectivity index (χ1n) is 6.59. The first kappa shape index (κ1) is 15.4. The maximum Gasteiger partial charge on any atom is 0.347 e. The van der Waals surface area contributed by atoms with Gasteiger partial charge in [0.1, 0.15) is 0 Å². The van der Waals surface area contributed by atoms with Gasteiger partial charge in [0.2, 0.25) is 0 Å². The van der Waals surface area contributed by atoms with Crippen molar-refractivity contribution in [2.24, 2.45) is 0 Å². The Hall–Kier alpha value is -2.02. The molecule has 2 aromatic heterocycles. The maximum atomic E-state index is 12.1. The molecule has 2 aromatic rings. The second-order valence-electron chi connectivity index (χ2n) is 4.92. The molecule has 0 saturated heterocycles. The molecule has 0 aliphatic rings. The van der Waals surface area contributed by atoms with Crippen LogP contribution in [-0.2, 0) is 17.8 Å². The zero-order valence-electron chi connectivity index (χ0n) is 12.2. The van der Waals surface area contributed by atoms with Crippen LogP contribution in [0.5, 0.6) is 0 Å². The summed E-state index contributed by atoms with van der Waals surface area (Å²) in [6, 6.07) is 0. The van der Waals surface area contributed by atoms with Crippen LogP contribution in [-0.4, -0.2) is 25.6 Å². The van der Waals surface area contributed by atoms with Crippen molar-refractivity contribution in [2.75, 3.05) is 0 Å². The fraction of sp³-hybridized carbons (Fsp3) is 0.429. The molecule has 2 heterocycles. The van der Waals surface area contributed by atoms with Gasteiger partial charge in [-0.2, -0.15) is 4.98 Å². The van der Waals surface area contributed by atoms with Crippen LogP contribution in [0.15, 0.2) is 15.7 Å². The average molecular weight is 307 g/mol.